The molecule has 2 saturated heterocycles. The van der Waals surface area contributed by atoms with E-state index < -0.39 is 16.7 Å². The maximum absolute atomic E-state index is 11.1. The van der Waals surface area contributed by atoms with Crippen molar-refractivity contribution in [2.45, 2.75) is 126 Å². The second-order valence-electron chi connectivity index (χ2n) is 18.3. The summed E-state index contributed by atoms with van der Waals surface area (Å²) in [5.41, 5.74) is 9.53. The minimum atomic E-state index is -0.621. The second-order valence-corrected chi connectivity index (χ2v) is 18.3. The molecule has 8 aliphatic rings. The third-order valence-corrected chi connectivity index (χ3v) is 15.8. The number of phenolic OH excluding ortho intramolecular Hbond substituents is 1. The number of benzene rings is 1. The molecule has 5 saturated carbocycles. The van der Waals surface area contributed by atoms with Crippen LogP contribution >= 0.6 is 0 Å². The molecule has 9 rings (SSSR count). The zero-order valence-electron chi connectivity index (χ0n) is 29.7. The van der Waals surface area contributed by atoms with Crippen LogP contribution in [0.1, 0.15) is 108 Å². The van der Waals surface area contributed by atoms with Gasteiger partial charge in [-0.25, -0.2) is 0 Å². The first kappa shape index (κ1) is 33.5. The standard InChI is InChI=1S/C42H62N2O4/c1-39(34-18-27(12-15-45)16-29(20-34)25-44-2)38-32-8-10-33(26-46)42(38,43)37-7-5-6-30-21-36(47)11-9-31(30)17-28-19-35(41(37,23-32)48-39)24-40(22-28)13-3-4-14-40/h9,11,21,27-29,32-35,37-38,44-47H,3-4,6,8,10,12-20,22-26,43H2,1-2H3/t27-,28+,29-,32-,33-,34+,35-,37+,38-,39+,41+,42-/m0/s1. The van der Waals surface area contributed by atoms with E-state index >= 15 is 0 Å². The Hall–Kier alpha value is -1.62. The van der Waals surface area contributed by atoms with Gasteiger partial charge in [-0.1, -0.05) is 30.7 Å². The molecule has 12 atom stereocenters. The lowest BCUT2D eigenvalue weighted by atomic mass is 9.38. The minimum Gasteiger partial charge on any atom is -0.508 e. The van der Waals surface area contributed by atoms with Gasteiger partial charge < -0.3 is 31.1 Å². The fourth-order valence-electron chi connectivity index (χ4n) is 14.2. The van der Waals surface area contributed by atoms with Gasteiger partial charge in [-0.05, 0) is 168 Å². The van der Waals surface area contributed by atoms with Gasteiger partial charge in [0.15, 0.2) is 0 Å². The van der Waals surface area contributed by atoms with Gasteiger partial charge in [0.2, 0.25) is 0 Å². The smallest absolute Gasteiger partial charge is 0.115 e. The number of rotatable bonds is 6. The van der Waals surface area contributed by atoms with Crippen molar-refractivity contribution in [1.29, 1.82) is 0 Å². The highest BCUT2D eigenvalue weighted by Crippen LogP contribution is 2.71. The summed E-state index contributed by atoms with van der Waals surface area (Å²) in [4.78, 5) is 0. The summed E-state index contributed by atoms with van der Waals surface area (Å²) in [6.45, 7) is 3.80. The number of hydrogen-bond acceptors (Lipinski definition) is 6. The van der Waals surface area contributed by atoms with Gasteiger partial charge in [0.25, 0.3) is 0 Å². The number of nitrogens with two attached hydrogens (primary N) is 1. The quantitative estimate of drug-likeness (QED) is 0.241. The zero-order chi connectivity index (χ0) is 33.3. The fraction of sp³-hybridized carbons (Fsp3) is 0.810. The maximum atomic E-state index is 11.1. The summed E-state index contributed by atoms with van der Waals surface area (Å²) in [5, 5.41) is 35.2. The van der Waals surface area contributed by atoms with Gasteiger partial charge >= 0.3 is 0 Å². The van der Waals surface area contributed by atoms with Crippen LogP contribution in [0, 0.1) is 70.5 Å². The summed E-state index contributed by atoms with van der Waals surface area (Å²) < 4.78 is 8.12. The SMILES string of the molecule is CNC[C@H]1C[C@H](CCO)C[C@@H]([C@@]2(C)O[C@@]34C[C@@H]5CC[C@@H](CO)[C@](N)([C@@H]3C#CCc3cc(O)ccc3C[C@@H]3C[C@H]4CC4(CCCC4)C3)[C@@H]52)C1. The van der Waals surface area contributed by atoms with Crippen LogP contribution in [0.5, 0.6) is 5.75 Å². The van der Waals surface area contributed by atoms with Crippen LogP contribution in [0.15, 0.2) is 18.2 Å². The molecule has 48 heavy (non-hydrogen) atoms. The van der Waals surface area contributed by atoms with Crippen LogP contribution in [0.4, 0.5) is 0 Å². The van der Waals surface area contributed by atoms with Crippen molar-refractivity contribution in [1.82, 2.24) is 5.32 Å². The van der Waals surface area contributed by atoms with Gasteiger partial charge in [0.1, 0.15) is 5.75 Å². The normalized spacial score (nSPS) is 45.8. The van der Waals surface area contributed by atoms with Crippen molar-refractivity contribution in [3.63, 3.8) is 0 Å². The van der Waals surface area contributed by atoms with Gasteiger partial charge in [-0.15, -0.1) is 0 Å². The highest BCUT2D eigenvalue weighted by atomic mass is 16.5. The summed E-state index contributed by atoms with van der Waals surface area (Å²) in [7, 11) is 2.07. The summed E-state index contributed by atoms with van der Waals surface area (Å²) in [6, 6.07) is 5.97. The molecule has 264 valence electrons. The number of phenols is 1. The average Bonchev–Trinajstić information content (AvgIpc) is 3.49. The molecule has 2 aliphatic heterocycles. The number of aliphatic hydroxyl groups is 2. The van der Waals surface area contributed by atoms with E-state index in [2.05, 4.69) is 37.2 Å². The molecular formula is C42H62N2O4. The summed E-state index contributed by atoms with van der Waals surface area (Å²) >= 11 is 0. The number of ether oxygens (including phenoxy) is 1. The predicted octanol–water partition coefficient (Wildman–Crippen LogP) is 5.99. The lowest BCUT2D eigenvalue weighted by Gasteiger charge is -2.75. The maximum Gasteiger partial charge on any atom is 0.115 e. The van der Waals surface area contributed by atoms with Crippen LogP contribution in [0.3, 0.4) is 0 Å². The second kappa shape index (κ2) is 12.6. The van der Waals surface area contributed by atoms with Crippen molar-refractivity contribution in [3.8, 4) is 17.6 Å². The molecule has 1 aromatic rings. The molecule has 6 bridgehead atoms. The van der Waals surface area contributed by atoms with E-state index in [1.807, 2.05) is 12.1 Å². The molecule has 0 radical (unpaired) electrons. The Morgan fingerprint density at radius 2 is 1.79 bits per heavy atom. The average molecular weight is 659 g/mol. The summed E-state index contributed by atoms with van der Waals surface area (Å²) in [6.07, 6.45) is 18.0. The van der Waals surface area contributed by atoms with E-state index in [0.29, 0.717) is 53.1 Å². The van der Waals surface area contributed by atoms with E-state index in [-0.39, 0.29) is 31.0 Å². The van der Waals surface area contributed by atoms with E-state index in [9.17, 15) is 15.3 Å². The van der Waals surface area contributed by atoms with Crippen LogP contribution in [-0.4, -0.2) is 58.9 Å². The fourth-order valence-corrected chi connectivity index (χ4v) is 14.2. The third kappa shape index (κ3) is 5.23. The Kier molecular flexibility index (Phi) is 8.77. The zero-order valence-corrected chi connectivity index (χ0v) is 29.7. The van der Waals surface area contributed by atoms with Crippen molar-refractivity contribution >= 4 is 0 Å². The molecule has 1 aromatic carbocycles. The first-order valence-electron chi connectivity index (χ1n) is 19.8. The van der Waals surface area contributed by atoms with Gasteiger partial charge in [0, 0.05) is 37.0 Å². The van der Waals surface area contributed by atoms with Crippen LogP contribution in [0.2, 0.25) is 0 Å². The molecule has 7 fully saturated rings. The monoisotopic (exact) mass is 658 g/mol. The first-order valence-corrected chi connectivity index (χ1v) is 19.8. The van der Waals surface area contributed by atoms with Crippen molar-refractivity contribution in [2.24, 2.45) is 64.4 Å². The van der Waals surface area contributed by atoms with Gasteiger partial charge in [-0.3, -0.25) is 0 Å². The molecule has 6 nitrogen and oxygen atoms in total. The van der Waals surface area contributed by atoms with E-state index in [1.54, 1.807) is 0 Å². The van der Waals surface area contributed by atoms with Crippen LogP contribution in [-0.2, 0) is 17.6 Å². The van der Waals surface area contributed by atoms with Crippen molar-refractivity contribution < 1.29 is 20.1 Å². The van der Waals surface area contributed by atoms with E-state index in [1.165, 1.54) is 44.1 Å². The number of nitrogens with one attached hydrogen (secondary N) is 1. The Labute approximate surface area is 289 Å². The van der Waals surface area contributed by atoms with Crippen LogP contribution < -0.4 is 11.1 Å². The predicted molar refractivity (Wildman–Crippen MR) is 189 cm³/mol. The first-order chi connectivity index (χ1) is 23.2. The highest BCUT2D eigenvalue weighted by Gasteiger charge is 2.76. The molecule has 2 heterocycles. The van der Waals surface area contributed by atoms with E-state index in [4.69, 9.17) is 10.5 Å². The Morgan fingerprint density at radius 1 is 0.979 bits per heavy atom. The van der Waals surface area contributed by atoms with Gasteiger partial charge in [-0.2, -0.15) is 0 Å². The Bertz CT molecular complexity index is 1400. The number of hydrogen-bond donors (Lipinski definition) is 5. The topological polar surface area (TPSA) is 108 Å². The number of fused-ring (bicyclic) bond motifs is 4. The van der Waals surface area contributed by atoms with E-state index in [0.717, 1.165) is 69.9 Å². The molecule has 0 aromatic heterocycles. The molecule has 0 unspecified atom stereocenters. The third-order valence-electron chi connectivity index (χ3n) is 15.8. The molecular weight excluding hydrogens is 596 g/mol. The number of aliphatic hydroxyl groups excluding tert-OH is 2. The number of aromatic hydroxyl groups is 1. The Morgan fingerprint density at radius 3 is 2.56 bits per heavy atom. The summed E-state index contributed by atoms with van der Waals surface area (Å²) in [5.74, 6) is 10.8. The lowest BCUT2D eigenvalue weighted by molar-refractivity contribution is -0.363. The molecule has 2 spiro atoms. The molecule has 6 aliphatic carbocycles. The lowest BCUT2D eigenvalue weighted by Crippen LogP contribution is -2.84. The van der Waals surface area contributed by atoms with Crippen molar-refractivity contribution in [2.75, 3.05) is 26.8 Å². The molecule has 6 heteroatoms. The van der Waals surface area contributed by atoms with Crippen LogP contribution in [0.25, 0.3) is 0 Å². The Balaban J connectivity index is 1.29. The van der Waals surface area contributed by atoms with Gasteiger partial charge in [0.05, 0.1) is 17.1 Å². The highest BCUT2D eigenvalue weighted by molar-refractivity contribution is 5.40. The molecule has 6 N–H and O–H groups in total. The largest absolute Gasteiger partial charge is 0.508 e. The molecule has 0 amide bonds. The van der Waals surface area contributed by atoms with Crippen molar-refractivity contribution in [3.05, 3.63) is 29.3 Å². The minimum absolute atomic E-state index is 0.00664.